The Kier molecular flexibility index (Phi) is 8.84. The molecule has 5 heterocycles. The van der Waals surface area contributed by atoms with Crippen LogP contribution in [0, 0.1) is 13.8 Å². The fraction of sp³-hybridized carbons (Fsp3) is 0.474. The molecule has 0 amide bonds. The Morgan fingerprint density at radius 2 is 1.77 bits per heavy atom. The number of carbonyl (C=O) groups is 2. The Labute approximate surface area is 311 Å². The number of aryl methyl sites for hydroxylation is 1. The van der Waals surface area contributed by atoms with Crippen molar-refractivity contribution in [3.8, 4) is 40.2 Å². The molecule has 5 aliphatic rings. The first-order valence-electron chi connectivity index (χ1n) is 17.6. The van der Waals surface area contributed by atoms with Gasteiger partial charge in [-0.3, -0.25) is 14.6 Å². The Morgan fingerprint density at radius 3 is 2.49 bits per heavy atom. The molecule has 1 saturated heterocycles. The van der Waals surface area contributed by atoms with Gasteiger partial charge in [-0.1, -0.05) is 6.07 Å². The van der Waals surface area contributed by atoms with Gasteiger partial charge in [0.1, 0.15) is 24.6 Å². The predicted octanol–water partition coefficient (Wildman–Crippen LogP) is 3.44. The summed E-state index contributed by atoms with van der Waals surface area (Å²) >= 11 is 5.25. The molecule has 0 radical (unpaired) electrons. The molecule has 2 bridgehead atoms. The number of thiol groups is 1. The number of esters is 2. The number of piperazine rings is 1. The predicted molar refractivity (Wildman–Crippen MR) is 192 cm³/mol. The first kappa shape index (κ1) is 35.6. The lowest BCUT2D eigenvalue weighted by Gasteiger charge is -2.61. The van der Waals surface area contributed by atoms with Crippen LogP contribution in [0.1, 0.15) is 74.8 Å². The highest BCUT2D eigenvalue weighted by Crippen LogP contribution is 2.62. The zero-order chi connectivity index (χ0) is 37.6. The molecule has 282 valence electrons. The third-order valence-electron chi connectivity index (χ3n) is 11.5. The molecular formula is C38H43N3O11S. The number of hydrogen-bond acceptors (Lipinski definition) is 15. The van der Waals surface area contributed by atoms with Gasteiger partial charge in [0.15, 0.2) is 34.5 Å². The second-order valence-corrected chi connectivity index (χ2v) is 14.8. The van der Waals surface area contributed by atoms with E-state index in [1.54, 1.807) is 19.1 Å². The molecule has 15 heteroatoms. The summed E-state index contributed by atoms with van der Waals surface area (Å²) in [6, 6.07) is 1.92. The molecule has 3 aromatic carbocycles. The fourth-order valence-electron chi connectivity index (χ4n) is 9.28. The van der Waals surface area contributed by atoms with E-state index >= 15 is 0 Å². The van der Waals surface area contributed by atoms with Crippen molar-refractivity contribution in [3.05, 3.63) is 62.7 Å². The van der Waals surface area contributed by atoms with Crippen molar-refractivity contribution in [3.63, 3.8) is 0 Å². The average Bonchev–Trinajstić information content (AvgIpc) is 3.61. The molecule has 53 heavy (non-hydrogen) atoms. The van der Waals surface area contributed by atoms with Crippen molar-refractivity contribution in [2.75, 3.05) is 41.2 Å². The summed E-state index contributed by atoms with van der Waals surface area (Å²) in [5.74, 6) is 0.493. The summed E-state index contributed by atoms with van der Waals surface area (Å²) in [6.07, 6.45) is -0.0830. The molecule has 7 unspecified atom stereocenters. The van der Waals surface area contributed by atoms with Crippen molar-refractivity contribution in [2.45, 2.75) is 75.3 Å². The summed E-state index contributed by atoms with van der Waals surface area (Å²) in [5, 5.41) is 37.2. The first-order valence-corrected chi connectivity index (χ1v) is 18.1. The largest absolute Gasteiger partial charge is 0.504 e. The minimum absolute atomic E-state index is 0.00836. The van der Waals surface area contributed by atoms with Crippen LogP contribution < -0.4 is 29.0 Å². The van der Waals surface area contributed by atoms with Crippen molar-refractivity contribution in [2.24, 2.45) is 0 Å². The van der Waals surface area contributed by atoms with Gasteiger partial charge in [0.25, 0.3) is 0 Å². The van der Waals surface area contributed by atoms with Gasteiger partial charge in [-0.05, 0) is 68.1 Å². The molecule has 1 fully saturated rings. The molecule has 5 aliphatic heterocycles. The van der Waals surface area contributed by atoms with Gasteiger partial charge < -0.3 is 49.1 Å². The van der Waals surface area contributed by atoms with E-state index in [2.05, 4.69) is 10.2 Å². The fourth-order valence-corrected chi connectivity index (χ4v) is 9.86. The topological polar surface area (TPSA) is 169 Å². The van der Waals surface area contributed by atoms with Crippen LogP contribution in [0.2, 0.25) is 0 Å². The zero-order valence-corrected chi connectivity index (χ0v) is 31.2. The highest BCUT2D eigenvalue weighted by molar-refractivity contribution is 7.80. The second-order valence-electron chi connectivity index (χ2n) is 14.3. The molecule has 14 nitrogen and oxygen atoms in total. The minimum atomic E-state index is -1.09. The maximum Gasteiger partial charge on any atom is 0.327 e. The van der Waals surface area contributed by atoms with Crippen LogP contribution >= 0.6 is 12.6 Å². The van der Waals surface area contributed by atoms with E-state index in [1.165, 1.54) is 21.1 Å². The Morgan fingerprint density at radius 1 is 1.02 bits per heavy atom. The maximum atomic E-state index is 14.1. The van der Waals surface area contributed by atoms with Crippen LogP contribution in [-0.2, 0) is 27.2 Å². The zero-order valence-electron chi connectivity index (χ0n) is 30.3. The third-order valence-corrected chi connectivity index (χ3v) is 12.1. The van der Waals surface area contributed by atoms with Crippen LogP contribution in [-0.4, -0.2) is 96.6 Å². The SMILES string of the molecule is COc1cc2c(cc1O)CCNC2C(=O)OCC1c2c3c(c(C)c(OC(C)=O)c2C(S)C2C4c5c(cc(C)c(OC)c5O)CC(C(O)N12)N4C)OCO3. The van der Waals surface area contributed by atoms with E-state index in [4.69, 9.17) is 41.0 Å². The van der Waals surface area contributed by atoms with Crippen LogP contribution in [0.3, 0.4) is 0 Å². The lowest BCUT2D eigenvalue weighted by molar-refractivity contribution is -0.184. The molecule has 8 rings (SSSR count). The number of fused-ring (bicyclic) bond motifs is 10. The highest BCUT2D eigenvalue weighted by atomic mass is 32.1. The lowest BCUT2D eigenvalue weighted by atomic mass is 9.73. The summed E-state index contributed by atoms with van der Waals surface area (Å²) < 4.78 is 35.2. The maximum absolute atomic E-state index is 14.1. The highest BCUT2D eigenvalue weighted by Gasteiger charge is 2.59. The Balaban J connectivity index is 1.28. The Bertz CT molecular complexity index is 2040. The number of benzene rings is 3. The molecular weight excluding hydrogens is 706 g/mol. The van der Waals surface area contributed by atoms with Gasteiger partial charge in [0, 0.05) is 47.0 Å². The molecule has 3 aromatic rings. The number of carbonyl (C=O) groups excluding carboxylic acids is 2. The van der Waals surface area contributed by atoms with Crippen LogP contribution in [0.5, 0.6) is 40.2 Å². The van der Waals surface area contributed by atoms with Crippen molar-refractivity contribution < 1.29 is 53.3 Å². The molecule has 7 atom stereocenters. The monoisotopic (exact) mass is 749 g/mol. The molecule has 0 aliphatic carbocycles. The van der Waals surface area contributed by atoms with Crippen molar-refractivity contribution in [1.82, 2.24) is 15.1 Å². The number of phenolic OH excluding ortho intramolecular Hbond substituents is 2. The van der Waals surface area contributed by atoms with E-state index in [9.17, 15) is 24.9 Å². The number of hydrogen-bond donors (Lipinski definition) is 5. The van der Waals surface area contributed by atoms with Gasteiger partial charge in [-0.25, -0.2) is 4.79 Å². The van der Waals surface area contributed by atoms with Crippen molar-refractivity contribution in [1.29, 1.82) is 0 Å². The number of aromatic hydroxyl groups is 2. The summed E-state index contributed by atoms with van der Waals surface area (Å²) in [5.41, 5.74) is 5.33. The molecule has 4 N–H and O–H groups in total. The number of methoxy groups -OCH3 is 2. The quantitative estimate of drug-likeness (QED) is 0.141. The van der Waals surface area contributed by atoms with Gasteiger partial charge in [0.05, 0.1) is 32.3 Å². The normalized spacial score (nSPS) is 26.8. The number of likely N-dealkylation sites (N-methyl/N-ethyl adjacent to an activating group) is 1. The van der Waals surface area contributed by atoms with Crippen LogP contribution in [0.25, 0.3) is 0 Å². The number of phenols is 2. The second kappa shape index (κ2) is 13.2. The number of nitrogens with zero attached hydrogens (tertiary/aromatic N) is 2. The number of aliphatic hydroxyl groups is 1. The number of nitrogens with one attached hydrogen (secondary N) is 1. The van der Waals surface area contributed by atoms with Crippen LogP contribution in [0.4, 0.5) is 0 Å². The Hall–Kier alpha value is -4.41. The van der Waals surface area contributed by atoms with E-state index in [1.807, 2.05) is 24.9 Å². The minimum Gasteiger partial charge on any atom is -0.504 e. The van der Waals surface area contributed by atoms with E-state index in [0.717, 1.165) is 16.7 Å². The van der Waals surface area contributed by atoms with E-state index in [-0.39, 0.29) is 36.4 Å². The van der Waals surface area contributed by atoms with Crippen LogP contribution in [0.15, 0.2) is 18.2 Å². The average molecular weight is 750 g/mol. The molecule has 0 spiro atoms. The summed E-state index contributed by atoms with van der Waals surface area (Å²) in [6.45, 7) is 5.11. The number of aliphatic hydroxyl groups excluding tert-OH is 1. The van der Waals surface area contributed by atoms with Crippen molar-refractivity contribution >= 4 is 24.6 Å². The number of rotatable bonds is 6. The summed E-state index contributed by atoms with van der Waals surface area (Å²) in [7, 11) is 4.86. The molecule has 0 saturated carbocycles. The number of ether oxygens (including phenoxy) is 6. The van der Waals surface area contributed by atoms with Gasteiger partial charge in [0.2, 0.25) is 6.79 Å². The molecule has 0 aromatic heterocycles. The third kappa shape index (κ3) is 5.30. The van der Waals surface area contributed by atoms with Gasteiger partial charge >= 0.3 is 11.9 Å². The van der Waals surface area contributed by atoms with Gasteiger partial charge in [-0.2, -0.15) is 12.6 Å². The van der Waals surface area contributed by atoms with Gasteiger partial charge in [-0.15, -0.1) is 0 Å². The summed E-state index contributed by atoms with van der Waals surface area (Å²) in [4.78, 5) is 30.7. The lowest BCUT2D eigenvalue weighted by Crippen LogP contribution is -2.69. The first-order chi connectivity index (χ1) is 25.4. The van der Waals surface area contributed by atoms with E-state index in [0.29, 0.717) is 64.5 Å². The van der Waals surface area contributed by atoms with E-state index < -0.39 is 53.6 Å². The smallest absolute Gasteiger partial charge is 0.327 e. The standard InChI is InChI=1S/C38H43N3O11S/c1-15-9-19-10-21-37(45)41-22(13-49-38(46)28-20-12-24(47-5)23(43)11-18(20)7-8-39-28)26-27(33(52-17(3)42)16(2)34-35(26)51-14-50-34)36(53)30(41)29(40(21)4)25(19)31(44)32(15)48-6/h9,11-12,21-22,28-30,36-37,39,43-45,53H,7-8,10,13-14H2,1-6H3.